The van der Waals surface area contributed by atoms with Crippen molar-refractivity contribution in [3.63, 3.8) is 0 Å². The van der Waals surface area contributed by atoms with E-state index in [2.05, 4.69) is 32.8 Å². The van der Waals surface area contributed by atoms with Crippen LogP contribution < -0.4 is 11.5 Å². The SMILES string of the molecule is Nc1cncc(C#CCBr)c1N. The summed E-state index contributed by atoms with van der Waals surface area (Å²) in [5.74, 6) is 5.66. The van der Waals surface area contributed by atoms with E-state index in [1.807, 2.05) is 0 Å². The molecule has 0 bridgehead atoms. The van der Waals surface area contributed by atoms with Gasteiger partial charge in [-0.3, -0.25) is 4.98 Å². The predicted molar refractivity (Wildman–Crippen MR) is 53.7 cm³/mol. The highest BCUT2D eigenvalue weighted by atomic mass is 79.9. The minimum absolute atomic E-state index is 0.469. The molecule has 62 valence electrons. The molecule has 0 saturated carbocycles. The van der Waals surface area contributed by atoms with Crippen molar-refractivity contribution in [1.29, 1.82) is 0 Å². The Hall–Kier alpha value is -1.21. The van der Waals surface area contributed by atoms with Gasteiger partial charge in [-0.2, -0.15) is 0 Å². The standard InChI is InChI=1S/C8H8BrN3/c9-3-1-2-6-4-12-5-7(10)8(6)11/h4-5H,3,10H2,(H2,11,12). The molecule has 12 heavy (non-hydrogen) atoms. The zero-order chi connectivity index (χ0) is 8.97. The van der Waals surface area contributed by atoms with Crippen molar-refractivity contribution in [2.24, 2.45) is 0 Å². The normalized spacial score (nSPS) is 8.75. The maximum absolute atomic E-state index is 5.64. The molecule has 4 N–H and O–H groups in total. The summed E-state index contributed by atoms with van der Waals surface area (Å²) >= 11 is 3.18. The Morgan fingerprint density at radius 2 is 2.17 bits per heavy atom. The van der Waals surface area contributed by atoms with Gasteiger partial charge < -0.3 is 11.5 Å². The molecule has 0 fully saturated rings. The van der Waals surface area contributed by atoms with Crippen LogP contribution in [0.3, 0.4) is 0 Å². The van der Waals surface area contributed by atoms with Crippen molar-refractivity contribution in [2.75, 3.05) is 16.8 Å². The Morgan fingerprint density at radius 1 is 1.42 bits per heavy atom. The third-order valence-corrected chi connectivity index (χ3v) is 1.59. The molecule has 0 amide bonds. The number of alkyl halides is 1. The smallest absolute Gasteiger partial charge is 0.0747 e. The van der Waals surface area contributed by atoms with Gasteiger partial charge in [0.15, 0.2) is 0 Å². The monoisotopic (exact) mass is 225 g/mol. The molecule has 1 aromatic rings. The number of halogens is 1. The Labute approximate surface area is 79.3 Å². The van der Waals surface area contributed by atoms with E-state index >= 15 is 0 Å². The van der Waals surface area contributed by atoms with Gasteiger partial charge in [0.1, 0.15) is 0 Å². The summed E-state index contributed by atoms with van der Waals surface area (Å²) in [7, 11) is 0. The van der Waals surface area contributed by atoms with Gasteiger partial charge in [0.05, 0.1) is 28.5 Å². The van der Waals surface area contributed by atoms with E-state index < -0.39 is 0 Å². The third kappa shape index (κ3) is 1.89. The van der Waals surface area contributed by atoms with Gasteiger partial charge in [-0.05, 0) is 0 Å². The summed E-state index contributed by atoms with van der Waals surface area (Å²) in [6.07, 6.45) is 3.11. The van der Waals surface area contributed by atoms with Crippen LogP contribution in [0.15, 0.2) is 12.4 Å². The Kier molecular flexibility index (Phi) is 2.94. The van der Waals surface area contributed by atoms with Gasteiger partial charge in [-0.1, -0.05) is 27.8 Å². The summed E-state index contributed by atoms with van der Waals surface area (Å²) in [6, 6.07) is 0. The number of rotatable bonds is 0. The van der Waals surface area contributed by atoms with Gasteiger partial charge in [-0.15, -0.1) is 0 Å². The number of nitrogens with two attached hydrogens (primary N) is 2. The van der Waals surface area contributed by atoms with Gasteiger partial charge in [-0.25, -0.2) is 0 Å². The lowest BCUT2D eigenvalue weighted by atomic mass is 10.2. The number of nitrogens with zero attached hydrogens (tertiary/aromatic N) is 1. The molecule has 0 radical (unpaired) electrons. The first-order valence-corrected chi connectivity index (χ1v) is 4.41. The average Bonchev–Trinajstić information content (AvgIpc) is 2.08. The second-order valence-electron chi connectivity index (χ2n) is 2.13. The number of aromatic nitrogens is 1. The first kappa shape index (κ1) is 8.88. The molecular formula is C8H8BrN3. The Morgan fingerprint density at radius 3 is 2.83 bits per heavy atom. The molecule has 3 nitrogen and oxygen atoms in total. The second-order valence-corrected chi connectivity index (χ2v) is 2.69. The first-order valence-electron chi connectivity index (χ1n) is 3.29. The number of anilines is 2. The summed E-state index contributed by atoms with van der Waals surface area (Å²) < 4.78 is 0. The van der Waals surface area contributed by atoms with Gasteiger partial charge in [0.25, 0.3) is 0 Å². The highest BCUT2D eigenvalue weighted by Crippen LogP contribution is 2.15. The number of pyridine rings is 1. The highest BCUT2D eigenvalue weighted by molar-refractivity contribution is 9.09. The molecule has 0 aromatic carbocycles. The summed E-state index contributed by atoms with van der Waals surface area (Å²) in [5.41, 5.74) is 12.8. The van der Waals surface area contributed by atoms with E-state index in [-0.39, 0.29) is 0 Å². The number of nitrogen functional groups attached to an aromatic ring is 2. The van der Waals surface area contributed by atoms with E-state index in [9.17, 15) is 0 Å². The Balaban J connectivity index is 3.08. The van der Waals surface area contributed by atoms with Crippen LogP contribution in [-0.4, -0.2) is 10.3 Å². The minimum Gasteiger partial charge on any atom is -0.396 e. The van der Waals surface area contributed by atoms with Gasteiger partial charge >= 0.3 is 0 Å². The fourth-order valence-electron chi connectivity index (χ4n) is 0.715. The number of hydrogen-bond donors (Lipinski definition) is 2. The van der Waals surface area contributed by atoms with E-state index in [1.54, 1.807) is 6.20 Å². The zero-order valence-electron chi connectivity index (χ0n) is 6.34. The lowest BCUT2D eigenvalue weighted by molar-refractivity contribution is 1.32. The quantitative estimate of drug-likeness (QED) is 0.512. The molecule has 0 aliphatic carbocycles. The summed E-state index contributed by atoms with van der Waals surface area (Å²) in [5, 5.41) is 0.612. The van der Waals surface area contributed by atoms with Crippen LogP contribution in [0.1, 0.15) is 5.56 Å². The van der Waals surface area contributed by atoms with Crippen molar-refractivity contribution in [3.05, 3.63) is 18.0 Å². The fourth-order valence-corrected chi connectivity index (χ4v) is 0.855. The average molecular weight is 226 g/mol. The van der Waals surface area contributed by atoms with E-state index in [0.29, 0.717) is 22.3 Å². The largest absolute Gasteiger partial charge is 0.396 e. The van der Waals surface area contributed by atoms with Crippen molar-refractivity contribution in [3.8, 4) is 11.8 Å². The van der Waals surface area contributed by atoms with E-state index in [4.69, 9.17) is 11.5 Å². The van der Waals surface area contributed by atoms with Gasteiger partial charge in [0.2, 0.25) is 0 Å². The fraction of sp³-hybridized carbons (Fsp3) is 0.125. The van der Waals surface area contributed by atoms with E-state index in [0.717, 1.165) is 0 Å². The van der Waals surface area contributed by atoms with Crippen LogP contribution in [0.4, 0.5) is 11.4 Å². The minimum atomic E-state index is 0.469. The van der Waals surface area contributed by atoms with Crippen LogP contribution in [-0.2, 0) is 0 Å². The maximum atomic E-state index is 5.64. The van der Waals surface area contributed by atoms with Crippen molar-refractivity contribution >= 4 is 27.3 Å². The molecule has 0 aliphatic rings. The Bertz CT molecular complexity index is 338. The molecule has 0 saturated heterocycles. The molecule has 1 heterocycles. The van der Waals surface area contributed by atoms with Gasteiger partial charge in [0, 0.05) is 6.20 Å². The molecule has 1 rings (SSSR count). The maximum Gasteiger partial charge on any atom is 0.0747 e. The number of hydrogen-bond acceptors (Lipinski definition) is 3. The van der Waals surface area contributed by atoms with Crippen molar-refractivity contribution in [1.82, 2.24) is 4.98 Å². The highest BCUT2D eigenvalue weighted by Gasteiger charge is 1.98. The molecular weight excluding hydrogens is 218 g/mol. The van der Waals surface area contributed by atoms with Crippen LogP contribution >= 0.6 is 15.9 Å². The zero-order valence-corrected chi connectivity index (χ0v) is 7.93. The van der Waals surface area contributed by atoms with Crippen LogP contribution in [0.25, 0.3) is 0 Å². The van der Waals surface area contributed by atoms with Crippen LogP contribution in [0.5, 0.6) is 0 Å². The molecule has 0 unspecified atom stereocenters. The molecule has 0 aliphatic heterocycles. The van der Waals surface area contributed by atoms with Crippen molar-refractivity contribution < 1.29 is 0 Å². The van der Waals surface area contributed by atoms with E-state index in [1.165, 1.54) is 6.20 Å². The van der Waals surface area contributed by atoms with Crippen LogP contribution in [0.2, 0.25) is 0 Å². The predicted octanol–water partition coefficient (Wildman–Crippen LogP) is 0.992. The second kappa shape index (κ2) is 3.98. The summed E-state index contributed by atoms with van der Waals surface area (Å²) in [6.45, 7) is 0. The molecule has 0 spiro atoms. The molecule has 1 aromatic heterocycles. The topological polar surface area (TPSA) is 64.9 Å². The first-order chi connectivity index (χ1) is 5.75. The summed E-state index contributed by atoms with van der Waals surface area (Å²) in [4.78, 5) is 3.88. The lowest BCUT2D eigenvalue weighted by Crippen LogP contribution is -1.98. The third-order valence-electron chi connectivity index (χ3n) is 1.31. The van der Waals surface area contributed by atoms with Crippen LogP contribution in [0, 0.1) is 11.8 Å². The molecule has 0 atom stereocenters. The van der Waals surface area contributed by atoms with Crippen molar-refractivity contribution in [2.45, 2.75) is 0 Å². The lowest BCUT2D eigenvalue weighted by Gasteiger charge is -1.99. The molecule has 4 heteroatoms.